The Labute approximate surface area is 121 Å². The van der Waals surface area contributed by atoms with Gasteiger partial charge in [-0.15, -0.1) is 0 Å². The number of hydrogen-bond acceptors (Lipinski definition) is 4. The van der Waals surface area contributed by atoms with Crippen LogP contribution >= 0.6 is 15.9 Å². The predicted molar refractivity (Wildman–Crippen MR) is 71.7 cm³/mol. The summed E-state index contributed by atoms with van der Waals surface area (Å²) in [4.78, 5) is 34.5. The number of hydrogen-bond donors (Lipinski definition) is 3. The number of benzene rings is 1. The number of amides is 3. The summed E-state index contributed by atoms with van der Waals surface area (Å²) >= 11 is 3.22. The van der Waals surface area contributed by atoms with Gasteiger partial charge in [0.2, 0.25) is 0 Å². The van der Waals surface area contributed by atoms with E-state index < -0.39 is 24.5 Å². The van der Waals surface area contributed by atoms with Crippen molar-refractivity contribution in [2.75, 3.05) is 6.54 Å². The lowest BCUT2D eigenvalue weighted by molar-refractivity contribution is -0.140. The van der Waals surface area contributed by atoms with Crippen molar-refractivity contribution in [1.82, 2.24) is 10.2 Å². The SMILES string of the molecule is O=C(O)CN1C(=O)N/C(=C/c2cc(Br)ccc2O)C1=O. The van der Waals surface area contributed by atoms with Crippen molar-refractivity contribution in [1.29, 1.82) is 0 Å². The first-order valence-electron chi connectivity index (χ1n) is 5.43. The fourth-order valence-electron chi connectivity index (χ4n) is 1.65. The topological polar surface area (TPSA) is 107 Å². The Hall–Kier alpha value is -2.35. The Bertz CT molecular complexity index is 641. The normalized spacial score (nSPS) is 16.6. The van der Waals surface area contributed by atoms with Crippen molar-refractivity contribution in [3.8, 4) is 5.75 Å². The van der Waals surface area contributed by atoms with Gasteiger partial charge in [-0.05, 0) is 24.3 Å². The van der Waals surface area contributed by atoms with E-state index in [1.165, 1.54) is 12.1 Å². The van der Waals surface area contributed by atoms with Crippen LogP contribution in [-0.2, 0) is 9.59 Å². The molecule has 3 amide bonds. The molecule has 20 heavy (non-hydrogen) atoms. The maximum absolute atomic E-state index is 11.9. The number of aromatic hydroxyl groups is 1. The first kappa shape index (κ1) is 14.1. The van der Waals surface area contributed by atoms with E-state index >= 15 is 0 Å². The van der Waals surface area contributed by atoms with Gasteiger partial charge in [-0.25, -0.2) is 9.69 Å². The molecular formula is C12H9BrN2O5. The largest absolute Gasteiger partial charge is 0.507 e. The highest BCUT2D eigenvalue weighted by Gasteiger charge is 2.34. The summed E-state index contributed by atoms with van der Waals surface area (Å²) in [5.41, 5.74) is 0.227. The zero-order valence-corrected chi connectivity index (χ0v) is 11.5. The van der Waals surface area contributed by atoms with Crippen LogP contribution in [0.1, 0.15) is 5.56 Å². The molecule has 7 nitrogen and oxygen atoms in total. The monoisotopic (exact) mass is 340 g/mol. The molecule has 0 atom stereocenters. The second-order valence-electron chi connectivity index (χ2n) is 3.98. The Morgan fingerprint density at radius 1 is 1.40 bits per heavy atom. The van der Waals surface area contributed by atoms with E-state index in [2.05, 4.69) is 21.2 Å². The highest BCUT2D eigenvalue weighted by molar-refractivity contribution is 9.10. The molecule has 0 radical (unpaired) electrons. The van der Waals surface area contributed by atoms with Gasteiger partial charge < -0.3 is 15.5 Å². The van der Waals surface area contributed by atoms with Crippen LogP contribution in [0.15, 0.2) is 28.4 Å². The van der Waals surface area contributed by atoms with Gasteiger partial charge in [-0.3, -0.25) is 9.59 Å². The molecular weight excluding hydrogens is 332 g/mol. The molecule has 1 aliphatic rings. The number of carboxylic acids is 1. The number of imide groups is 1. The molecule has 0 spiro atoms. The number of nitrogens with one attached hydrogen (secondary N) is 1. The number of nitrogens with zero attached hydrogens (tertiary/aromatic N) is 1. The number of carbonyl (C=O) groups excluding carboxylic acids is 2. The van der Waals surface area contributed by atoms with Gasteiger partial charge in [0.25, 0.3) is 5.91 Å². The molecule has 0 saturated carbocycles. The maximum Gasteiger partial charge on any atom is 0.329 e. The molecule has 1 heterocycles. The first-order chi connectivity index (χ1) is 9.38. The molecule has 1 aromatic rings. The van der Waals surface area contributed by atoms with Crippen molar-refractivity contribution in [2.45, 2.75) is 0 Å². The minimum absolute atomic E-state index is 0.0700. The van der Waals surface area contributed by atoms with E-state index in [1.54, 1.807) is 12.1 Å². The van der Waals surface area contributed by atoms with Gasteiger partial charge in [-0.1, -0.05) is 15.9 Å². The number of urea groups is 1. The molecule has 0 bridgehead atoms. The zero-order valence-electron chi connectivity index (χ0n) is 9.96. The Morgan fingerprint density at radius 3 is 2.75 bits per heavy atom. The van der Waals surface area contributed by atoms with E-state index in [0.29, 0.717) is 14.9 Å². The minimum Gasteiger partial charge on any atom is -0.507 e. The van der Waals surface area contributed by atoms with Crippen LogP contribution in [0.5, 0.6) is 5.75 Å². The zero-order chi connectivity index (χ0) is 14.9. The standard InChI is InChI=1S/C12H9BrN2O5/c13-7-1-2-9(16)6(3-7)4-8-11(19)15(5-10(17)18)12(20)14-8/h1-4,16H,5H2,(H,14,20)(H,17,18)/b8-4+. The molecule has 3 N–H and O–H groups in total. The van der Waals surface area contributed by atoms with E-state index in [0.717, 1.165) is 0 Å². The molecule has 1 saturated heterocycles. The number of rotatable bonds is 3. The molecule has 104 valence electrons. The van der Waals surface area contributed by atoms with E-state index in [4.69, 9.17) is 5.11 Å². The number of carbonyl (C=O) groups is 3. The maximum atomic E-state index is 11.9. The number of carboxylic acid groups (broad SMARTS) is 1. The van der Waals surface area contributed by atoms with Crippen LogP contribution < -0.4 is 5.32 Å². The molecule has 0 unspecified atom stereocenters. The lowest BCUT2D eigenvalue weighted by Crippen LogP contribution is -2.35. The Balaban J connectivity index is 2.32. The minimum atomic E-state index is -1.29. The first-order valence-corrected chi connectivity index (χ1v) is 6.22. The third kappa shape index (κ3) is 2.80. The molecule has 8 heteroatoms. The van der Waals surface area contributed by atoms with Gasteiger partial charge in [0.15, 0.2) is 0 Å². The third-order valence-corrected chi connectivity index (χ3v) is 3.04. The molecule has 0 aromatic heterocycles. The van der Waals surface area contributed by atoms with E-state index in [9.17, 15) is 19.5 Å². The lowest BCUT2D eigenvalue weighted by atomic mass is 10.1. The smallest absolute Gasteiger partial charge is 0.329 e. The van der Waals surface area contributed by atoms with Gasteiger partial charge >= 0.3 is 12.0 Å². The van der Waals surface area contributed by atoms with Crippen LogP contribution in [0.4, 0.5) is 4.79 Å². The number of aliphatic carboxylic acids is 1. The molecule has 2 rings (SSSR count). The van der Waals surface area contributed by atoms with E-state index in [-0.39, 0.29) is 11.4 Å². The van der Waals surface area contributed by atoms with Crippen LogP contribution in [0.3, 0.4) is 0 Å². The van der Waals surface area contributed by atoms with Gasteiger partial charge in [-0.2, -0.15) is 0 Å². The predicted octanol–water partition coefficient (Wildman–Crippen LogP) is 1.13. The van der Waals surface area contributed by atoms with Crippen molar-refractivity contribution < 1.29 is 24.6 Å². The number of halogens is 1. The fourth-order valence-corrected chi connectivity index (χ4v) is 2.03. The summed E-state index contributed by atoms with van der Waals surface area (Å²) in [6.07, 6.45) is 1.28. The molecule has 1 aromatic carbocycles. The molecule has 1 fully saturated rings. The third-order valence-electron chi connectivity index (χ3n) is 2.55. The lowest BCUT2D eigenvalue weighted by Gasteiger charge is -2.07. The van der Waals surface area contributed by atoms with Crippen LogP contribution in [-0.4, -0.2) is 39.6 Å². The second-order valence-corrected chi connectivity index (χ2v) is 4.89. The number of phenolic OH excluding ortho intramolecular Hbond substituents is 1. The summed E-state index contributed by atoms with van der Waals surface area (Å²) in [5, 5.41) is 20.6. The second kappa shape index (κ2) is 5.33. The summed E-state index contributed by atoms with van der Waals surface area (Å²) in [6, 6.07) is 3.79. The van der Waals surface area contributed by atoms with Crippen LogP contribution in [0.25, 0.3) is 6.08 Å². The summed E-state index contributed by atoms with van der Waals surface area (Å²) in [7, 11) is 0. The Morgan fingerprint density at radius 2 is 2.10 bits per heavy atom. The van der Waals surface area contributed by atoms with Crippen molar-refractivity contribution >= 4 is 39.9 Å². The molecule has 1 aliphatic heterocycles. The van der Waals surface area contributed by atoms with Gasteiger partial charge in [0.05, 0.1) is 0 Å². The Kier molecular flexibility index (Phi) is 3.75. The van der Waals surface area contributed by atoms with Crippen molar-refractivity contribution in [3.63, 3.8) is 0 Å². The quantitative estimate of drug-likeness (QED) is 0.564. The average Bonchev–Trinajstić information content (AvgIpc) is 2.61. The average molecular weight is 341 g/mol. The van der Waals surface area contributed by atoms with Crippen LogP contribution in [0.2, 0.25) is 0 Å². The fraction of sp³-hybridized carbons (Fsp3) is 0.0833. The highest BCUT2D eigenvalue weighted by atomic mass is 79.9. The van der Waals surface area contributed by atoms with Crippen LogP contribution in [0, 0.1) is 0 Å². The summed E-state index contributed by atoms with van der Waals surface area (Å²) in [6.45, 7) is -0.716. The summed E-state index contributed by atoms with van der Waals surface area (Å²) < 4.78 is 0.682. The van der Waals surface area contributed by atoms with E-state index in [1.807, 2.05) is 0 Å². The molecule has 0 aliphatic carbocycles. The number of phenols is 1. The van der Waals surface area contributed by atoms with Gasteiger partial charge in [0, 0.05) is 10.0 Å². The van der Waals surface area contributed by atoms with Crippen molar-refractivity contribution in [2.24, 2.45) is 0 Å². The summed E-state index contributed by atoms with van der Waals surface area (Å²) in [5.74, 6) is -2.11. The highest BCUT2D eigenvalue weighted by Crippen LogP contribution is 2.25. The van der Waals surface area contributed by atoms with Gasteiger partial charge in [0.1, 0.15) is 18.0 Å². The van der Waals surface area contributed by atoms with Crippen molar-refractivity contribution in [3.05, 3.63) is 33.9 Å².